The molecule has 0 unspecified atom stereocenters. The van der Waals surface area contributed by atoms with Gasteiger partial charge in [-0.1, -0.05) is 17.7 Å². The molecule has 0 aliphatic heterocycles. The smallest absolute Gasteiger partial charge is 0.259 e. The van der Waals surface area contributed by atoms with E-state index < -0.39 is 0 Å². The van der Waals surface area contributed by atoms with Crippen LogP contribution in [0.1, 0.15) is 20.8 Å². The molecule has 0 radical (unpaired) electrons. The molecule has 106 valence electrons. The number of benzene rings is 1. The molecule has 0 saturated heterocycles. The van der Waals surface area contributed by atoms with Gasteiger partial charge in [0, 0.05) is 10.4 Å². The molecule has 0 spiro atoms. The number of carbonyl (C=O) groups excluding carboxylic acids is 1. The summed E-state index contributed by atoms with van der Waals surface area (Å²) >= 11 is 1.41. The molecule has 21 heavy (non-hydrogen) atoms. The van der Waals surface area contributed by atoms with Crippen LogP contribution in [0.5, 0.6) is 0 Å². The second-order valence-electron chi connectivity index (χ2n) is 4.72. The lowest BCUT2D eigenvalue weighted by molar-refractivity contribution is 0.0951. The van der Waals surface area contributed by atoms with Gasteiger partial charge in [-0.2, -0.15) is 0 Å². The Kier molecular flexibility index (Phi) is 3.53. The summed E-state index contributed by atoms with van der Waals surface area (Å²) in [5.74, 6) is -0.127. The number of hydrogen-bond acceptors (Lipinski definition) is 4. The zero-order chi connectivity index (χ0) is 14.8. The van der Waals surface area contributed by atoms with E-state index in [1.54, 1.807) is 12.1 Å². The molecular weight excluding hydrogens is 286 g/mol. The monoisotopic (exact) mass is 299 g/mol. The Morgan fingerprint density at radius 1 is 1.38 bits per heavy atom. The van der Waals surface area contributed by atoms with Gasteiger partial charge in [0.1, 0.15) is 4.83 Å². The summed E-state index contributed by atoms with van der Waals surface area (Å²) in [6.07, 6.45) is 1.39. The fourth-order valence-corrected chi connectivity index (χ4v) is 3.00. The third-order valence-electron chi connectivity index (χ3n) is 3.09. The van der Waals surface area contributed by atoms with Crippen LogP contribution in [0.4, 0.5) is 0 Å². The van der Waals surface area contributed by atoms with Crippen LogP contribution >= 0.6 is 11.3 Å². The Morgan fingerprint density at radius 3 is 3.00 bits per heavy atom. The third kappa shape index (κ3) is 2.85. The number of fused-ring (bicyclic) bond motifs is 1. The summed E-state index contributed by atoms with van der Waals surface area (Å²) in [7, 11) is 0. The maximum absolute atomic E-state index is 12.1. The van der Waals surface area contributed by atoms with Crippen LogP contribution in [0.15, 0.2) is 41.5 Å². The average Bonchev–Trinajstić information content (AvgIpc) is 2.89. The zero-order valence-electron chi connectivity index (χ0n) is 11.3. The maximum Gasteiger partial charge on any atom is 0.259 e. The molecule has 3 aromatic rings. The van der Waals surface area contributed by atoms with Gasteiger partial charge in [0.2, 0.25) is 0 Å². The molecule has 6 heteroatoms. The first-order chi connectivity index (χ1) is 10.1. The Bertz CT molecular complexity index is 866. The number of rotatable bonds is 3. The molecular formula is C15H13N3O2S. The summed E-state index contributed by atoms with van der Waals surface area (Å²) in [4.78, 5) is 31.9. The van der Waals surface area contributed by atoms with Crippen molar-refractivity contribution in [3.63, 3.8) is 0 Å². The van der Waals surface area contributed by atoms with Crippen molar-refractivity contribution in [2.75, 3.05) is 0 Å². The van der Waals surface area contributed by atoms with E-state index in [-0.39, 0.29) is 11.5 Å². The van der Waals surface area contributed by atoms with Crippen LogP contribution in [-0.4, -0.2) is 15.9 Å². The number of hydrogen-bond donors (Lipinski definition) is 2. The molecule has 2 N–H and O–H groups in total. The SMILES string of the molecule is Cc1cccc(C(=O)NCc2cc3c(=O)[nH]cnc3s2)c1. The molecule has 0 aliphatic rings. The molecule has 0 bridgehead atoms. The van der Waals surface area contributed by atoms with E-state index in [0.29, 0.717) is 22.3 Å². The number of aromatic nitrogens is 2. The Morgan fingerprint density at radius 2 is 2.24 bits per heavy atom. The van der Waals surface area contributed by atoms with Crippen molar-refractivity contribution in [2.45, 2.75) is 13.5 Å². The molecule has 2 aromatic heterocycles. The van der Waals surface area contributed by atoms with Gasteiger partial charge >= 0.3 is 0 Å². The normalized spacial score (nSPS) is 10.7. The van der Waals surface area contributed by atoms with E-state index in [0.717, 1.165) is 10.4 Å². The molecule has 2 heterocycles. The van der Waals surface area contributed by atoms with Crippen molar-refractivity contribution in [3.05, 3.63) is 63.0 Å². The van der Waals surface area contributed by atoms with Gasteiger partial charge in [0.05, 0.1) is 18.3 Å². The van der Waals surface area contributed by atoms with Gasteiger partial charge in [-0.3, -0.25) is 9.59 Å². The van der Waals surface area contributed by atoms with Crippen molar-refractivity contribution in [1.82, 2.24) is 15.3 Å². The van der Waals surface area contributed by atoms with E-state index in [9.17, 15) is 9.59 Å². The number of aromatic amines is 1. The van der Waals surface area contributed by atoms with Gasteiger partial charge in [-0.05, 0) is 25.1 Å². The molecule has 1 aromatic carbocycles. The minimum atomic E-state index is -0.160. The van der Waals surface area contributed by atoms with Gasteiger partial charge < -0.3 is 10.3 Å². The summed E-state index contributed by atoms with van der Waals surface area (Å²) in [5, 5.41) is 3.41. The van der Waals surface area contributed by atoms with Crippen LogP contribution in [0.25, 0.3) is 10.2 Å². The lowest BCUT2D eigenvalue weighted by atomic mass is 10.1. The first kappa shape index (κ1) is 13.5. The van der Waals surface area contributed by atoms with E-state index >= 15 is 0 Å². The van der Waals surface area contributed by atoms with Crippen LogP contribution in [0, 0.1) is 6.92 Å². The van der Waals surface area contributed by atoms with Gasteiger partial charge in [-0.25, -0.2) is 4.98 Å². The molecule has 1 amide bonds. The predicted octanol–water partition coefficient (Wildman–Crippen LogP) is 2.22. The van der Waals surface area contributed by atoms with E-state index in [1.165, 1.54) is 17.7 Å². The van der Waals surface area contributed by atoms with Crippen LogP contribution < -0.4 is 10.9 Å². The van der Waals surface area contributed by atoms with Crippen molar-refractivity contribution in [2.24, 2.45) is 0 Å². The highest BCUT2D eigenvalue weighted by Crippen LogP contribution is 2.20. The predicted molar refractivity (Wildman–Crippen MR) is 82.6 cm³/mol. The number of thiophene rings is 1. The first-order valence-electron chi connectivity index (χ1n) is 6.44. The van der Waals surface area contributed by atoms with Gasteiger partial charge in [-0.15, -0.1) is 11.3 Å². The standard InChI is InChI=1S/C15H13N3O2S/c1-9-3-2-4-10(5-9)13(19)16-7-11-6-12-14(20)17-8-18-15(12)21-11/h2-6,8H,7H2,1H3,(H,16,19)(H,17,18,20). The lowest BCUT2D eigenvalue weighted by Gasteiger charge is -2.04. The Balaban J connectivity index is 1.76. The maximum atomic E-state index is 12.1. The number of nitrogens with one attached hydrogen (secondary N) is 2. The van der Waals surface area contributed by atoms with Gasteiger partial charge in [0.25, 0.3) is 11.5 Å². The fourth-order valence-electron chi connectivity index (χ4n) is 2.06. The Labute approximate surface area is 124 Å². The minimum Gasteiger partial charge on any atom is -0.347 e. The number of aryl methyl sites for hydroxylation is 1. The van der Waals surface area contributed by atoms with Crippen LogP contribution in [0.3, 0.4) is 0 Å². The number of amides is 1. The quantitative estimate of drug-likeness (QED) is 0.778. The van der Waals surface area contributed by atoms with Crippen molar-refractivity contribution >= 4 is 27.5 Å². The average molecular weight is 299 g/mol. The Hall–Kier alpha value is -2.47. The second-order valence-corrected chi connectivity index (χ2v) is 5.83. The summed E-state index contributed by atoms with van der Waals surface area (Å²) in [6, 6.07) is 9.18. The van der Waals surface area contributed by atoms with E-state index in [4.69, 9.17) is 0 Å². The number of carbonyl (C=O) groups is 1. The fraction of sp³-hybridized carbons (Fsp3) is 0.133. The molecule has 0 atom stereocenters. The molecule has 0 saturated carbocycles. The second kappa shape index (κ2) is 5.49. The molecule has 3 rings (SSSR count). The molecule has 0 fully saturated rings. The largest absolute Gasteiger partial charge is 0.347 e. The van der Waals surface area contributed by atoms with Crippen molar-refractivity contribution < 1.29 is 4.79 Å². The van der Waals surface area contributed by atoms with Gasteiger partial charge in [0.15, 0.2) is 0 Å². The topological polar surface area (TPSA) is 74.8 Å². The summed E-state index contributed by atoms with van der Waals surface area (Å²) < 4.78 is 0. The number of nitrogens with zero attached hydrogens (tertiary/aromatic N) is 1. The van der Waals surface area contributed by atoms with Crippen LogP contribution in [0.2, 0.25) is 0 Å². The first-order valence-corrected chi connectivity index (χ1v) is 7.26. The van der Waals surface area contributed by atoms with E-state index in [1.807, 2.05) is 25.1 Å². The third-order valence-corrected chi connectivity index (χ3v) is 4.13. The van der Waals surface area contributed by atoms with E-state index in [2.05, 4.69) is 15.3 Å². The van der Waals surface area contributed by atoms with Crippen molar-refractivity contribution in [1.29, 1.82) is 0 Å². The highest BCUT2D eigenvalue weighted by Gasteiger charge is 2.09. The minimum absolute atomic E-state index is 0.127. The zero-order valence-corrected chi connectivity index (χ0v) is 12.2. The van der Waals surface area contributed by atoms with Crippen LogP contribution in [-0.2, 0) is 6.54 Å². The summed E-state index contributed by atoms with van der Waals surface area (Å²) in [5.41, 5.74) is 1.51. The number of H-pyrrole nitrogens is 1. The molecule has 0 aliphatic carbocycles. The summed E-state index contributed by atoms with van der Waals surface area (Å²) in [6.45, 7) is 2.33. The van der Waals surface area contributed by atoms with Crippen molar-refractivity contribution in [3.8, 4) is 0 Å². The highest BCUT2D eigenvalue weighted by atomic mass is 32.1. The molecule has 5 nitrogen and oxygen atoms in total. The highest BCUT2D eigenvalue weighted by molar-refractivity contribution is 7.18. The lowest BCUT2D eigenvalue weighted by Crippen LogP contribution is -2.22.